The molecule has 1 amide bonds. The number of carbonyl (C=O) groups is 1. The average Bonchev–Trinajstić information content (AvgIpc) is 3.40. The second-order valence-electron chi connectivity index (χ2n) is 8.43. The van der Waals surface area contributed by atoms with Gasteiger partial charge in [0.25, 0.3) is 5.91 Å². The number of rotatable bonds is 3. The molecule has 0 atom stereocenters. The zero-order valence-electron chi connectivity index (χ0n) is 17.2. The largest absolute Gasteiger partial charge is 0.492 e. The van der Waals surface area contributed by atoms with Gasteiger partial charge in [-0.1, -0.05) is 35.9 Å². The highest BCUT2D eigenvalue weighted by molar-refractivity contribution is 5.92. The minimum absolute atomic E-state index is 0.0207. The first-order valence-corrected chi connectivity index (χ1v) is 10.5. The summed E-state index contributed by atoms with van der Waals surface area (Å²) in [5.41, 5.74) is 10.3. The van der Waals surface area contributed by atoms with Crippen molar-refractivity contribution in [1.82, 2.24) is 4.90 Å². The maximum atomic E-state index is 13.0. The predicted molar refractivity (Wildman–Crippen MR) is 116 cm³/mol. The maximum absolute atomic E-state index is 13.0. The van der Waals surface area contributed by atoms with Crippen LogP contribution in [0.15, 0.2) is 59.0 Å². The molecule has 0 radical (unpaired) electrons. The Hall–Kier alpha value is -3.05. The third kappa shape index (κ3) is 3.19. The van der Waals surface area contributed by atoms with Gasteiger partial charge in [-0.25, -0.2) is 0 Å². The second kappa shape index (κ2) is 7.33. The minimum Gasteiger partial charge on any atom is -0.492 e. The fraction of sp³-hybridized carbons (Fsp3) is 0.320. The summed E-state index contributed by atoms with van der Waals surface area (Å²) < 4.78 is 11.9. The van der Waals surface area contributed by atoms with Crippen molar-refractivity contribution in [1.29, 1.82) is 0 Å². The highest BCUT2D eigenvalue weighted by atomic mass is 16.5. The Morgan fingerprint density at radius 3 is 2.70 bits per heavy atom. The molecule has 2 aliphatic heterocycles. The van der Waals surface area contributed by atoms with Gasteiger partial charge in [0.15, 0.2) is 5.76 Å². The Morgan fingerprint density at radius 2 is 1.93 bits per heavy atom. The number of nitrogens with zero attached hydrogens (tertiary/aromatic N) is 1. The molecule has 0 unspecified atom stereocenters. The number of likely N-dealkylation sites (tertiary alicyclic amines) is 1. The molecule has 5 heteroatoms. The Labute approximate surface area is 176 Å². The van der Waals surface area contributed by atoms with Gasteiger partial charge >= 0.3 is 0 Å². The van der Waals surface area contributed by atoms with Crippen molar-refractivity contribution < 1.29 is 13.9 Å². The lowest BCUT2D eigenvalue weighted by atomic mass is 9.74. The third-order valence-electron chi connectivity index (χ3n) is 6.48. The van der Waals surface area contributed by atoms with Crippen LogP contribution in [-0.2, 0) is 12.0 Å². The van der Waals surface area contributed by atoms with E-state index in [-0.39, 0.29) is 11.3 Å². The van der Waals surface area contributed by atoms with Gasteiger partial charge in [0, 0.05) is 36.2 Å². The molecule has 5 rings (SSSR count). The number of nitrogens with two attached hydrogens (primary N) is 1. The number of furan rings is 1. The number of fused-ring (bicyclic) bond motifs is 2. The molecule has 1 spiro atoms. The lowest BCUT2D eigenvalue weighted by Crippen LogP contribution is -2.46. The van der Waals surface area contributed by atoms with Crippen molar-refractivity contribution in [2.75, 3.05) is 19.7 Å². The van der Waals surface area contributed by atoms with Gasteiger partial charge < -0.3 is 19.8 Å². The summed E-state index contributed by atoms with van der Waals surface area (Å²) in [4.78, 5) is 14.9. The van der Waals surface area contributed by atoms with Crippen LogP contribution in [0.5, 0.6) is 5.75 Å². The van der Waals surface area contributed by atoms with Gasteiger partial charge in [-0.05, 0) is 49.6 Å². The van der Waals surface area contributed by atoms with Crippen LogP contribution in [0.2, 0.25) is 0 Å². The minimum atomic E-state index is -0.0430. The molecule has 30 heavy (non-hydrogen) atoms. The van der Waals surface area contributed by atoms with Crippen molar-refractivity contribution in [2.24, 2.45) is 5.73 Å². The van der Waals surface area contributed by atoms with Crippen LogP contribution in [0.25, 0.3) is 11.3 Å². The number of amides is 1. The molecule has 3 aromatic rings. The van der Waals surface area contributed by atoms with Crippen LogP contribution in [0.3, 0.4) is 0 Å². The Morgan fingerprint density at radius 1 is 1.10 bits per heavy atom. The fourth-order valence-corrected chi connectivity index (χ4v) is 4.65. The van der Waals surface area contributed by atoms with Crippen LogP contribution in [0.1, 0.15) is 40.1 Å². The van der Waals surface area contributed by atoms with Gasteiger partial charge in [0.05, 0.1) is 6.61 Å². The molecule has 154 valence electrons. The molecular weight excluding hydrogens is 376 g/mol. The molecule has 2 aliphatic rings. The van der Waals surface area contributed by atoms with Crippen molar-refractivity contribution in [2.45, 2.75) is 31.7 Å². The summed E-state index contributed by atoms with van der Waals surface area (Å²) in [7, 11) is 0. The van der Waals surface area contributed by atoms with Crippen LogP contribution in [0.4, 0.5) is 0 Å². The number of benzene rings is 2. The standard InChI is InChI=1S/C25H26N2O3/c1-17-3-2-4-19(13-17)21-7-8-23(30-21)24(28)27-11-9-25(10-12-27)16-29-22-6-5-18(15-26)14-20(22)25/h2-8,13-14H,9-12,15-16,26H2,1H3. The van der Waals surface area contributed by atoms with Gasteiger partial charge in [-0.15, -0.1) is 0 Å². The molecule has 2 aromatic carbocycles. The van der Waals surface area contributed by atoms with E-state index in [1.54, 1.807) is 6.07 Å². The zero-order valence-corrected chi connectivity index (χ0v) is 17.2. The normalized spacial score (nSPS) is 17.1. The summed E-state index contributed by atoms with van der Waals surface area (Å²) in [6.07, 6.45) is 1.76. The molecular formula is C25H26N2O3. The van der Waals surface area contributed by atoms with Gasteiger partial charge in [-0.3, -0.25) is 4.79 Å². The van der Waals surface area contributed by atoms with E-state index in [0.29, 0.717) is 32.0 Å². The molecule has 2 N–H and O–H groups in total. The molecule has 0 bridgehead atoms. The lowest BCUT2D eigenvalue weighted by Gasteiger charge is -2.38. The Bertz CT molecular complexity index is 1090. The monoisotopic (exact) mass is 402 g/mol. The quantitative estimate of drug-likeness (QED) is 0.710. The molecule has 1 fully saturated rings. The van der Waals surface area contributed by atoms with E-state index >= 15 is 0 Å². The topological polar surface area (TPSA) is 68.7 Å². The van der Waals surface area contributed by atoms with Crippen molar-refractivity contribution >= 4 is 5.91 Å². The zero-order chi connectivity index (χ0) is 20.7. The van der Waals surface area contributed by atoms with E-state index in [9.17, 15) is 4.79 Å². The fourth-order valence-electron chi connectivity index (χ4n) is 4.65. The first-order chi connectivity index (χ1) is 14.6. The summed E-state index contributed by atoms with van der Waals surface area (Å²) >= 11 is 0. The van der Waals surface area contributed by atoms with Crippen molar-refractivity contribution in [3.05, 3.63) is 77.0 Å². The summed E-state index contributed by atoms with van der Waals surface area (Å²) in [6, 6.07) is 18.0. The maximum Gasteiger partial charge on any atom is 0.289 e. The predicted octanol–water partition coefficient (Wildman–Crippen LogP) is 4.28. The van der Waals surface area contributed by atoms with E-state index in [4.69, 9.17) is 14.9 Å². The van der Waals surface area contributed by atoms with Crippen LogP contribution in [0, 0.1) is 6.92 Å². The summed E-state index contributed by atoms with van der Waals surface area (Å²) in [5.74, 6) is 2.04. The number of piperidine rings is 1. The molecule has 1 saturated heterocycles. The van der Waals surface area contributed by atoms with Crippen molar-refractivity contribution in [3.63, 3.8) is 0 Å². The highest BCUT2D eigenvalue weighted by Gasteiger charge is 2.44. The summed E-state index contributed by atoms with van der Waals surface area (Å²) in [5, 5.41) is 0. The third-order valence-corrected chi connectivity index (χ3v) is 6.48. The van der Waals surface area contributed by atoms with Crippen molar-refractivity contribution in [3.8, 4) is 17.1 Å². The molecule has 1 aromatic heterocycles. The Balaban J connectivity index is 1.31. The smallest absolute Gasteiger partial charge is 0.289 e. The van der Waals surface area contributed by atoms with Gasteiger partial charge in [0.1, 0.15) is 11.5 Å². The summed E-state index contributed by atoms with van der Waals surface area (Å²) in [6.45, 7) is 4.62. The van der Waals surface area contributed by atoms with Gasteiger partial charge in [0.2, 0.25) is 0 Å². The van der Waals surface area contributed by atoms with E-state index in [1.165, 1.54) is 5.56 Å². The number of carbonyl (C=O) groups excluding carboxylic acids is 1. The number of hydrogen-bond donors (Lipinski definition) is 1. The second-order valence-corrected chi connectivity index (χ2v) is 8.43. The van der Waals surface area contributed by atoms with Crippen LogP contribution in [-0.4, -0.2) is 30.5 Å². The first kappa shape index (κ1) is 18.9. The lowest BCUT2D eigenvalue weighted by molar-refractivity contribution is 0.0616. The SMILES string of the molecule is Cc1cccc(-c2ccc(C(=O)N3CCC4(CC3)COc3ccc(CN)cc34)o2)c1. The van der Waals surface area contributed by atoms with E-state index in [2.05, 4.69) is 12.1 Å². The van der Waals surface area contributed by atoms with E-state index in [1.807, 2.05) is 48.2 Å². The van der Waals surface area contributed by atoms with Crippen LogP contribution >= 0.6 is 0 Å². The van der Waals surface area contributed by atoms with Gasteiger partial charge in [-0.2, -0.15) is 0 Å². The molecule has 3 heterocycles. The van der Waals surface area contributed by atoms with Crippen LogP contribution < -0.4 is 10.5 Å². The van der Waals surface area contributed by atoms with E-state index in [0.717, 1.165) is 41.0 Å². The van der Waals surface area contributed by atoms with E-state index < -0.39 is 0 Å². The highest BCUT2D eigenvalue weighted by Crippen LogP contribution is 2.46. The average molecular weight is 402 g/mol. The number of aryl methyl sites for hydroxylation is 1. The molecule has 0 saturated carbocycles. The Kier molecular flexibility index (Phi) is 4.63. The number of hydrogen-bond acceptors (Lipinski definition) is 4. The molecule has 5 nitrogen and oxygen atoms in total. The number of ether oxygens (including phenoxy) is 1. The first-order valence-electron chi connectivity index (χ1n) is 10.5. The molecule has 0 aliphatic carbocycles.